The molecule has 46 heavy (non-hydrogen) atoms. The molecular weight excluding hydrogens is 575 g/mol. The van der Waals surface area contributed by atoms with Crippen molar-refractivity contribution >= 4 is 51.9 Å². The summed E-state index contributed by atoms with van der Waals surface area (Å²) in [6.07, 6.45) is 0. The minimum Gasteiger partial charge on any atom is -0.458 e. The van der Waals surface area contributed by atoms with Crippen LogP contribution in [0.5, 0.6) is 23.0 Å². The predicted molar refractivity (Wildman–Crippen MR) is 192 cm³/mol. The van der Waals surface area contributed by atoms with E-state index in [1.807, 2.05) is 0 Å². The highest BCUT2D eigenvalue weighted by Crippen LogP contribution is 2.38. The smallest absolute Gasteiger partial charge is 0.260 e. The zero-order valence-corrected chi connectivity index (χ0v) is 26.0. The highest BCUT2D eigenvalue weighted by molar-refractivity contribution is 7.21. The lowest BCUT2D eigenvalue weighted by Crippen LogP contribution is -2.75. The van der Waals surface area contributed by atoms with Gasteiger partial charge in [0.2, 0.25) is 0 Å². The number of hydrogen-bond acceptors (Lipinski definition) is 2. The fourth-order valence-corrected chi connectivity index (χ4v) is 13.5. The number of hydrogen-bond donors (Lipinski definition) is 0. The first kappa shape index (κ1) is 25.7. The molecule has 3 aliphatic rings. The Balaban J connectivity index is 1.36. The van der Waals surface area contributed by atoms with Gasteiger partial charge >= 0.3 is 0 Å². The highest BCUT2D eigenvalue weighted by Gasteiger charge is 2.48. The average molecular weight is 603 g/mol. The van der Waals surface area contributed by atoms with Crippen molar-refractivity contribution in [3.63, 3.8) is 0 Å². The third-order valence-electron chi connectivity index (χ3n) is 10.1. The minimum atomic E-state index is -2.97. The summed E-state index contributed by atoms with van der Waals surface area (Å²) in [6.45, 7) is 0.0428. The van der Waals surface area contributed by atoms with Crippen LogP contribution in [0.15, 0.2) is 164 Å². The molecule has 0 saturated carbocycles. The van der Waals surface area contributed by atoms with Gasteiger partial charge in [0.05, 0.1) is 0 Å². The van der Waals surface area contributed by atoms with Crippen molar-refractivity contribution in [1.82, 2.24) is 0 Å². The average Bonchev–Trinajstić information content (AvgIpc) is 3.23. The number of benzene rings is 7. The van der Waals surface area contributed by atoms with E-state index in [0.717, 1.165) is 28.5 Å². The fourth-order valence-electron chi connectivity index (χ4n) is 8.28. The van der Waals surface area contributed by atoms with Crippen molar-refractivity contribution in [2.75, 3.05) is 0 Å². The molecule has 2 nitrogen and oxygen atoms in total. The minimum absolute atomic E-state index is 0.0428. The van der Waals surface area contributed by atoms with Gasteiger partial charge in [-0.25, -0.2) is 0 Å². The maximum absolute atomic E-state index is 6.86. The second-order valence-corrected chi connectivity index (χ2v) is 16.1. The van der Waals surface area contributed by atoms with Crippen molar-refractivity contribution in [1.29, 1.82) is 0 Å². The van der Waals surface area contributed by atoms with Crippen molar-refractivity contribution in [2.45, 2.75) is 0 Å². The quantitative estimate of drug-likeness (QED) is 0.246. The van der Waals surface area contributed by atoms with Gasteiger partial charge in [-0.05, 0) is 78.2 Å². The summed E-state index contributed by atoms with van der Waals surface area (Å²) in [6, 6.07) is 59.8. The third kappa shape index (κ3) is 3.42. The van der Waals surface area contributed by atoms with E-state index in [0.29, 0.717) is 0 Å². The summed E-state index contributed by atoms with van der Waals surface area (Å²) in [4.78, 5) is 0. The highest BCUT2D eigenvalue weighted by atomic mass is 28.3. The molecule has 0 fully saturated rings. The summed E-state index contributed by atoms with van der Waals surface area (Å²) < 4.78 is 13.7. The Kier molecular flexibility index (Phi) is 5.43. The Morgan fingerprint density at radius 3 is 1.35 bits per heavy atom. The Hall–Kier alpha value is -5.58. The monoisotopic (exact) mass is 602 g/mol. The lowest BCUT2D eigenvalue weighted by atomic mass is 9.35. The molecule has 3 heterocycles. The third-order valence-corrected chi connectivity index (χ3v) is 14.9. The molecule has 7 aromatic carbocycles. The van der Waals surface area contributed by atoms with Crippen molar-refractivity contribution in [3.05, 3.63) is 164 Å². The van der Waals surface area contributed by atoms with Gasteiger partial charge in [0, 0.05) is 5.46 Å². The summed E-state index contributed by atoms with van der Waals surface area (Å²) >= 11 is 0. The molecule has 214 valence electrons. The van der Waals surface area contributed by atoms with Crippen LogP contribution in [0.3, 0.4) is 0 Å². The molecule has 0 aromatic heterocycles. The maximum atomic E-state index is 6.86. The van der Waals surface area contributed by atoms with Crippen LogP contribution in [0.2, 0.25) is 0 Å². The van der Waals surface area contributed by atoms with Gasteiger partial charge in [-0.2, -0.15) is 0 Å². The SMILES string of the molecule is c1ccc([Si]2(c3cc4c5c(c3)Oc3ccccc3B5c3ccccc3O4)c3ccccc3-c3ccccc3-c3ccccc32)cc1. The standard InChI is InChI=1S/C42H27BO2Si/c1-2-14-28(15-3-1)46(40-24-12-6-18-32(40)30-16-4-5-17-31(30)33-19-7-13-25-41(33)46)29-26-38-42-39(27-29)45-37-23-11-9-21-35(37)43(42)34-20-8-10-22-36(34)44-38/h1-27H. The molecule has 0 atom stereocenters. The van der Waals surface area contributed by atoms with Crippen molar-refractivity contribution in [2.24, 2.45) is 0 Å². The van der Waals surface area contributed by atoms with Crippen LogP contribution in [0, 0.1) is 0 Å². The van der Waals surface area contributed by atoms with Gasteiger partial charge in [-0.1, -0.05) is 140 Å². The zero-order chi connectivity index (χ0) is 30.2. The number of fused-ring (bicyclic) bond motifs is 9. The van der Waals surface area contributed by atoms with Crippen LogP contribution in [-0.4, -0.2) is 14.8 Å². The lowest BCUT2D eigenvalue weighted by molar-refractivity contribution is 0.465. The Morgan fingerprint density at radius 2 is 0.804 bits per heavy atom. The molecule has 0 aliphatic carbocycles. The van der Waals surface area contributed by atoms with E-state index in [4.69, 9.17) is 9.47 Å². The molecule has 0 radical (unpaired) electrons. The van der Waals surface area contributed by atoms with E-state index in [1.165, 1.54) is 53.9 Å². The first-order valence-corrected chi connectivity index (χ1v) is 17.9. The molecule has 0 saturated heterocycles. The van der Waals surface area contributed by atoms with E-state index < -0.39 is 8.07 Å². The molecule has 0 spiro atoms. The Morgan fingerprint density at radius 1 is 0.370 bits per heavy atom. The molecule has 10 rings (SSSR count). The predicted octanol–water partition coefficient (Wildman–Crippen LogP) is 5.44. The number of rotatable bonds is 2. The molecule has 0 unspecified atom stereocenters. The van der Waals surface area contributed by atoms with Gasteiger partial charge in [0.1, 0.15) is 23.0 Å². The summed E-state index contributed by atoms with van der Waals surface area (Å²) in [5.41, 5.74) is 8.57. The van der Waals surface area contributed by atoms with E-state index in [2.05, 4.69) is 164 Å². The van der Waals surface area contributed by atoms with Crippen LogP contribution in [0.1, 0.15) is 0 Å². The molecule has 0 N–H and O–H groups in total. The number of ether oxygens (including phenoxy) is 2. The Labute approximate surface area is 269 Å². The van der Waals surface area contributed by atoms with Gasteiger partial charge in [0.25, 0.3) is 6.71 Å². The van der Waals surface area contributed by atoms with E-state index >= 15 is 0 Å². The van der Waals surface area contributed by atoms with Crippen LogP contribution in [-0.2, 0) is 0 Å². The largest absolute Gasteiger partial charge is 0.458 e. The van der Waals surface area contributed by atoms with Crippen LogP contribution >= 0.6 is 0 Å². The van der Waals surface area contributed by atoms with Crippen LogP contribution in [0.4, 0.5) is 0 Å². The van der Waals surface area contributed by atoms with Crippen molar-refractivity contribution in [3.8, 4) is 45.3 Å². The molecule has 3 aliphatic heterocycles. The van der Waals surface area contributed by atoms with E-state index in [1.54, 1.807) is 0 Å². The first-order chi connectivity index (χ1) is 22.8. The second-order valence-electron chi connectivity index (χ2n) is 12.4. The topological polar surface area (TPSA) is 18.5 Å². The van der Waals surface area contributed by atoms with Gasteiger partial charge < -0.3 is 9.47 Å². The van der Waals surface area contributed by atoms with E-state index in [-0.39, 0.29) is 6.71 Å². The molecule has 0 bridgehead atoms. The van der Waals surface area contributed by atoms with Crippen LogP contribution < -0.4 is 46.6 Å². The normalized spacial score (nSPS) is 14.1. The van der Waals surface area contributed by atoms with E-state index in [9.17, 15) is 0 Å². The fraction of sp³-hybridized carbons (Fsp3) is 0. The van der Waals surface area contributed by atoms with Gasteiger partial charge in [0.15, 0.2) is 8.07 Å². The van der Waals surface area contributed by atoms with Gasteiger partial charge in [-0.15, -0.1) is 0 Å². The summed E-state index contributed by atoms with van der Waals surface area (Å²) in [5.74, 6) is 3.57. The first-order valence-electron chi connectivity index (χ1n) is 15.9. The second kappa shape index (κ2) is 9.71. The molecule has 4 heteroatoms. The number of para-hydroxylation sites is 2. The molecular formula is C42H27BO2Si. The van der Waals surface area contributed by atoms with Crippen LogP contribution in [0.25, 0.3) is 22.3 Å². The lowest BCUT2D eigenvalue weighted by Gasteiger charge is -2.38. The van der Waals surface area contributed by atoms with Crippen molar-refractivity contribution < 1.29 is 9.47 Å². The zero-order valence-electron chi connectivity index (χ0n) is 25.0. The maximum Gasteiger partial charge on any atom is 0.260 e. The Bertz CT molecular complexity index is 2210. The molecule has 0 amide bonds. The van der Waals surface area contributed by atoms with Gasteiger partial charge in [-0.3, -0.25) is 0 Å². The molecule has 7 aromatic rings. The summed E-state index contributed by atoms with van der Waals surface area (Å²) in [5, 5.41) is 5.32. The summed E-state index contributed by atoms with van der Waals surface area (Å²) in [7, 11) is -2.97.